The van der Waals surface area contributed by atoms with Crippen LogP contribution in [0.2, 0.25) is 0 Å². The van der Waals surface area contributed by atoms with Crippen LogP contribution < -0.4 is 5.32 Å². The summed E-state index contributed by atoms with van der Waals surface area (Å²) in [5.41, 5.74) is 3.48. The van der Waals surface area contributed by atoms with Crippen LogP contribution in [-0.4, -0.2) is 15.9 Å². The van der Waals surface area contributed by atoms with Crippen molar-refractivity contribution in [2.75, 3.05) is 5.32 Å². The van der Waals surface area contributed by atoms with Crippen LogP contribution in [0.1, 0.15) is 16.1 Å². The van der Waals surface area contributed by atoms with Crippen molar-refractivity contribution < 1.29 is 4.79 Å². The zero-order valence-corrected chi connectivity index (χ0v) is 12.2. The van der Waals surface area contributed by atoms with Gasteiger partial charge in [-0.3, -0.25) is 15.1 Å². The number of carbonyl (C=O) groups is 1. The number of amides is 1. The fourth-order valence-electron chi connectivity index (χ4n) is 1.97. The number of pyridine rings is 1. The Hall–Kier alpha value is -2.53. The quantitative estimate of drug-likeness (QED) is 0.800. The molecule has 21 heavy (non-hydrogen) atoms. The van der Waals surface area contributed by atoms with E-state index >= 15 is 0 Å². The maximum absolute atomic E-state index is 12.0. The Bertz CT molecular complexity index is 768. The summed E-state index contributed by atoms with van der Waals surface area (Å²) >= 11 is 1.41. The van der Waals surface area contributed by atoms with E-state index in [4.69, 9.17) is 0 Å². The number of hydrogen-bond acceptors (Lipinski definition) is 4. The smallest absolute Gasteiger partial charge is 0.276 e. The standard InChI is InChI=1S/C16H13N3OS/c1-11-6-2-3-7-12(11)14-10-21-16(18-14)19-15(20)13-8-4-5-9-17-13/h2-10H,1H3,(H,18,19,20). The summed E-state index contributed by atoms with van der Waals surface area (Å²) < 4.78 is 0. The molecule has 0 aliphatic heterocycles. The van der Waals surface area contributed by atoms with Crippen molar-refractivity contribution in [3.63, 3.8) is 0 Å². The molecule has 3 aromatic rings. The minimum atomic E-state index is -0.249. The van der Waals surface area contributed by atoms with Gasteiger partial charge in [-0.25, -0.2) is 4.98 Å². The van der Waals surface area contributed by atoms with Crippen molar-refractivity contribution in [1.82, 2.24) is 9.97 Å². The molecule has 3 rings (SSSR count). The van der Waals surface area contributed by atoms with E-state index in [1.165, 1.54) is 11.3 Å². The zero-order valence-electron chi connectivity index (χ0n) is 11.4. The number of nitrogens with zero attached hydrogens (tertiary/aromatic N) is 2. The Morgan fingerprint density at radius 3 is 2.71 bits per heavy atom. The minimum absolute atomic E-state index is 0.249. The van der Waals surface area contributed by atoms with Gasteiger partial charge < -0.3 is 0 Å². The molecule has 2 aromatic heterocycles. The van der Waals surface area contributed by atoms with Crippen molar-refractivity contribution in [1.29, 1.82) is 0 Å². The van der Waals surface area contributed by atoms with Gasteiger partial charge in [0, 0.05) is 17.1 Å². The molecule has 2 heterocycles. The number of anilines is 1. The summed E-state index contributed by atoms with van der Waals surface area (Å²) in [6, 6.07) is 13.3. The number of hydrogen-bond donors (Lipinski definition) is 1. The van der Waals surface area contributed by atoms with Crippen molar-refractivity contribution in [3.05, 3.63) is 65.3 Å². The number of thiazole rings is 1. The normalized spacial score (nSPS) is 10.3. The molecule has 0 saturated carbocycles. The lowest BCUT2D eigenvalue weighted by Crippen LogP contribution is -2.13. The van der Waals surface area contributed by atoms with Crippen LogP contribution in [0, 0.1) is 6.92 Å². The largest absolute Gasteiger partial charge is 0.296 e. The lowest BCUT2D eigenvalue weighted by atomic mass is 10.1. The minimum Gasteiger partial charge on any atom is -0.296 e. The van der Waals surface area contributed by atoms with Gasteiger partial charge in [0.15, 0.2) is 5.13 Å². The molecule has 0 aliphatic rings. The highest BCUT2D eigenvalue weighted by molar-refractivity contribution is 7.14. The molecule has 0 atom stereocenters. The molecule has 4 nitrogen and oxygen atoms in total. The maximum atomic E-state index is 12.0. The van der Waals surface area contributed by atoms with E-state index in [9.17, 15) is 4.79 Å². The zero-order chi connectivity index (χ0) is 14.7. The third kappa shape index (κ3) is 2.98. The molecule has 0 aliphatic carbocycles. The molecule has 1 aromatic carbocycles. The van der Waals surface area contributed by atoms with E-state index in [1.54, 1.807) is 24.4 Å². The Morgan fingerprint density at radius 2 is 1.95 bits per heavy atom. The summed E-state index contributed by atoms with van der Waals surface area (Å²) in [7, 11) is 0. The molecular weight excluding hydrogens is 282 g/mol. The first-order chi connectivity index (χ1) is 10.2. The monoisotopic (exact) mass is 295 g/mol. The van der Waals surface area contributed by atoms with Crippen molar-refractivity contribution in [2.45, 2.75) is 6.92 Å². The van der Waals surface area contributed by atoms with Gasteiger partial charge >= 0.3 is 0 Å². The number of aryl methyl sites for hydroxylation is 1. The number of aromatic nitrogens is 2. The topological polar surface area (TPSA) is 54.9 Å². The number of carbonyl (C=O) groups excluding carboxylic acids is 1. The summed E-state index contributed by atoms with van der Waals surface area (Å²) in [4.78, 5) is 20.5. The average molecular weight is 295 g/mol. The summed E-state index contributed by atoms with van der Waals surface area (Å²) in [6.45, 7) is 2.04. The number of rotatable bonds is 3. The van der Waals surface area contributed by atoms with E-state index in [-0.39, 0.29) is 5.91 Å². The molecule has 0 radical (unpaired) electrons. The molecule has 1 N–H and O–H groups in total. The van der Waals surface area contributed by atoms with Gasteiger partial charge in [-0.05, 0) is 24.6 Å². The average Bonchev–Trinajstić information content (AvgIpc) is 2.97. The van der Waals surface area contributed by atoms with Gasteiger partial charge in [-0.1, -0.05) is 30.3 Å². The van der Waals surface area contributed by atoms with E-state index < -0.39 is 0 Å². The number of nitrogens with one attached hydrogen (secondary N) is 1. The lowest BCUT2D eigenvalue weighted by molar-refractivity contribution is 0.102. The van der Waals surface area contributed by atoms with Crippen LogP contribution >= 0.6 is 11.3 Å². The van der Waals surface area contributed by atoms with Crippen LogP contribution in [0.3, 0.4) is 0 Å². The van der Waals surface area contributed by atoms with Crippen LogP contribution in [0.5, 0.6) is 0 Å². The molecular formula is C16H13N3OS. The van der Waals surface area contributed by atoms with Crippen molar-refractivity contribution in [3.8, 4) is 11.3 Å². The lowest BCUT2D eigenvalue weighted by Gasteiger charge is -2.02. The fraction of sp³-hybridized carbons (Fsp3) is 0.0625. The molecule has 1 amide bonds. The Labute approximate surface area is 126 Å². The highest BCUT2D eigenvalue weighted by Crippen LogP contribution is 2.27. The van der Waals surface area contributed by atoms with Gasteiger partial charge in [0.2, 0.25) is 0 Å². The summed E-state index contributed by atoms with van der Waals surface area (Å²) in [5, 5.41) is 5.29. The summed E-state index contributed by atoms with van der Waals surface area (Å²) in [5.74, 6) is -0.249. The second-order valence-electron chi connectivity index (χ2n) is 4.52. The van der Waals surface area contributed by atoms with Crippen LogP contribution in [0.15, 0.2) is 54.0 Å². The second kappa shape index (κ2) is 5.85. The first-order valence-electron chi connectivity index (χ1n) is 6.48. The molecule has 0 fully saturated rings. The van der Waals surface area contributed by atoms with Gasteiger partial charge in [0.05, 0.1) is 5.69 Å². The van der Waals surface area contributed by atoms with Gasteiger partial charge in [0.25, 0.3) is 5.91 Å². The predicted octanol–water partition coefficient (Wildman–Crippen LogP) is 3.77. The highest BCUT2D eigenvalue weighted by Gasteiger charge is 2.11. The first kappa shape index (κ1) is 13.5. The maximum Gasteiger partial charge on any atom is 0.276 e. The summed E-state index contributed by atoms with van der Waals surface area (Å²) in [6.07, 6.45) is 1.59. The molecule has 104 valence electrons. The van der Waals surface area contributed by atoms with Gasteiger partial charge in [0.1, 0.15) is 5.69 Å². The third-order valence-electron chi connectivity index (χ3n) is 3.04. The second-order valence-corrected chi connectivity index (χ2v) is 5.38. The molecule has 5 heteroatoms. The molecule has 0 saturated heterocycles. The van der Waals surface area contributed by atoms with E-state index in [0.29, 0.717) is 10.8 Å². The SMILES string of the molecule is Cc1ccccc1-c1csc(NC(=O)c2ccccn2)n1. The van der Waals surface area contributed by atoms with Crippen LogP contribution in [0.25, 0.3) is 11.3 Å². The first-order valence-corrected chi connectivity index (χ1v) is 7.36. The Kier molecular flexibility index (Phi) is 3.75. The van der Waals surface area contributed by atoms with E-state index in [2.05, 4.69) is 15.3 Å². The highest BCUT2D eigenvalue weighted by atomic mass is 32.1. The van der Waals surface area contributed by atoms with Gasteiger partial charge in [-0.15, -0.1) is 11.3 Å². The van der Waals surface area contributed by atoms with E-state index in [1.807, 2.05) is 36.6 Å². The van der Waals surface area contributed by atoms with E-state index in [0.717, 1.165) is 16.8 Å². The Balaban J connectivity index is 1.80. The molecule has 0 spiro atoms. The third-order valence-corrected chi connectivity index (χ3v) is 3.80. The van der Waals surface area contributed by atoms with Gasteiger partial charge in [-0.2, -0.15) is 0 Å². The van der Waals surface area contributed by atoms with Crippen molar-refractivity contribution >= 4 is 22.4 Å². The fourth-order valence-corrected chi connectivity index (χ4v) is 2.68. The Morgan fingerprint density at radius 1 is 1.14 bits per heavy atom. The molecule has 0 bridgehead atoms. The van der Waals surface area contributed by atoms with Crippen molar-refractivity contribution in [2.24, 2.45) is 0 Å². The predicted molar refractivity (Wildman–Crippen MR) is 84.5 cm³/mol. The van der Waals surface area contributed by atoms with Crippen LogP contribution in [0.4, 0.5) is 5.13 Å². The molecule has 0 unspecified atom stereocenters. The van der Waals surface area contributed by atoms with Crippen LogP contribution in [-0.2, 0) is 0 Å². The number of benzene rings is 1.